The van der Waals surface area contributed by atoms with Crippen LogP contribution in [0.4, 0.5) is 4.79 Å². The number of benzene rings is 3. The van der Waals surface area contributed by atoms with Crippen LogP contribution in [0.25, 0.3) is 11.1 Å². The summed E-state index contributed by atoms with van der Waals surface area (Å²) in [6.45, 7) is 0.141. The van der Waals surface area contributed by atoms with Gasteiger partial charge < -0.3 is 9.47 Å². The standard InChI is InChI=1S/C25H21NO4/c27-24-23(14-17-8-2-1-3-9-17)26(16-30-24)25(28)29-15-22-20-12-6-4-10-18(20)19-11-5-7-13-21(19)22/h1-13,22-23H,14-16H2/t23-/m0/s1. The van der Waals surface area contributed by atoms with Crippen molar-refractivity contribution in [1.29, 1.82) is 0 Å². The Morgan fingerprint density at radius 3 is 2.17 bits per heavy atom. The van der Waals surface area contributed by atoms with Crippen LogP contribution in [0.2, 0.25) is 0 Å². The summed E-state index contributed by atoms with van der Waals surface area (Å²) in [6, 6.07) is 25.3. The van der Waals surface area contributed by atoms with E-state index in [1.54, 1.807) is 0 Å². The molecule has 1 amide bonds. The first-order valence-corrected chi connectivity index (χ1v) is 10.0. The molecule has 3 aromatic carbocycles. The highest BCUT2D eigenvalue weighted by Crippen LogP contribution is 2.44. The summed E-state index contributed by atoms with van der Waals surface area (Å²) in [5.41, 5.74) is 5.63. The van der Waals surface area contributed by atoms with Crippen LogP contribution in [0.1, 0.15) is 22.6 Å². The molecular formula is C25H21NO4. The van der Waals surface area contributed by atoms with E-state index in [2.05, 4.69) is 24.3 Å². The van der Waals surface area contributed by atoms with Crippen LogP contribution >= 0.6 is 0 Å². The molecule has 0 saturated carbocycles. The van der Waals surface area contributed by atoms with Gasteiger partial charge in [-0.2, -0.15) is 0 Å². The maximum atomic E-state index is 12.8. The van der Waals surface area contributed by atoms with Gasteiger partial charge in [0, 0.05) is 12.3 Å². The van der Waals surface area contributed by atoms with E-state index >= 15 is 0 Å². The number of hydrogen-bond donors (Lipinski definition) is 0. The van der Waals surface area contributed by atoms with Crippen LogP contribution in [0.15, 0.2) is 78.9 Å². The summed E-state index contributed by atoms with van der Waals surface area (Å²) in [7, 11) is 0. The average Bonchev–Trinajstić information content (AvgIpc) is 3.31. The topological polar surface area (TPSA) is 55.8 Å². The lowest BCUT2D eigenvalue weighted by Crippen LogP contribution is -2.40. The molecule has 0 spiro atoms. The van der Waals surface area contributed by atoms with E-state index in [0.717, 1.165) is 16.7 Å². The molecule has 1 heterocycles. The van der Waals surface area contributed by atoms with E-state index in [0.29, 0.717) is 6.42 Å². The van der Waals surface area contributed by atoms with Gasteiger partial charge in [-0.1, -0.05) is 78.9 Å². The molecule has 0 N–H and O–H groups in total. The van der Waals surface area contributed by atoms with Crippen molar-refractivity contribution in [3.05, 3.63) is 95.6 Å². The predicted molar refractivity (Wildman–Crippen MR) is 112 cm³/mol. The largest absolute Gasteiger partial charge is 0.448 e. The van der Waals surface area contributed by atoms with E-state index in [-0.39, 0.29) is 19.3 Å². The van der Waals surface area contributed by atoms with E-state index in [4.69, 9.17) is 9.47 Å². The number of carbonyl (C=O) groups is 2. The SMILES string of the molecule is O=C1OCN(C(=O)OCC2c3ccccc3-c3ccccc32)[C@H]1Cc1ccccc1. The number of nitrogens with zero attached hydrogens (tertiary/aromatic N) is 1. The molecule has 0 unspecified atom stereocenters. The van der Waals surface area contributed by atoms with Crippen LogP contribution < -0.4 is 0 Å². The highest BCUT2D eigenvalue weighted by atomic mass is 16.6. The minimum Gasteiger partial charge on any atom is -0.448 e. The zero-order valence-electron chi connectivity index (χ0n) is 16.4. The zero-order valence-corrected chi connectivity index (χ0v) is 16.4. The first-order chi connectivity index (χ1) is 14.7. The third kappa shape index (κ3) is 3.22. The molecule has 5 rings (SSSR count). The van der Waals surface area contributed by atoms with Crippen molar-refractivity contribution in [3.8, 4) is 11.1 Å². The molecule has 3 aromatic rings. The Bertz CT molecular complexity index is 1050. The first-order valence-electron chi connectivity index (χ1n) is 10.0. The number of fused-ring (bicyclic) bond motifs is 3. The monoisotopic (exact) mass is 399 g/mol. The molecule has 5 nitrogen and oxygen atoms in total. The molecule has 1 atom stereocenters. The summed E-state index contributed by atoms with van der Waals surface area (Å²) in [5.74, 6) is -0.416. The fourth-order valence-electron chi connectivity index (χ4n) is 4.33. The van der Waals surface area contributed by atoms with Gasteiger partial charge in [-0.05, 0) is 27.8 Å². The quantitative estimate of drug-likeness (QED) is 0.612. The summed E-state index contributed by atoms with van der Waals surface area (Å²) in [6.07, 6.45) is -0.118. The van der Waals surface area contributed by atoms with Gasteiger partial charge in [0.05, 0.1) is 0 Å². The molecule has 5 heteroatoms. The third-order valence-electron chi connectivity index (χ3n) is 5.84. The summed E-state index contributed by atoms with van der Waals surface area (Å²) >= 11 is 0. The lowest BCUT2D eigenvalue weighted by Gasteiger charge is -2.21. The molecule has 1 fully saturated rings. The molecule has 2 aliphatic rings. The van der Waals surface area contributed by atoms with Gasteiger partial charge in [0.2, 0.25) is 0 Å². The van der Waals surface area contributed by atoms with Crippen molar-refractivity contribution in [3.63, 3.8) is 0 Å². The maximum absolute atomic E-state index is 12.8. The highest BCUT2D eigenvalue weighted by Gasteiger charge is 2.39. The van der Waals surface area contributed by atoms with Crippen molar-refractivity contribution in [2.45, 2.75) is 18.4 Å². The number of rotatable bonds is 4. The first kappa shape index (κ1) is 18.4. The number of carbonyl (C=O) groups excluding carboxylic acids is 2. The van der Waals surface area contributed by atoms with Gasteiger partial charge in [-0.3, -0.25) is 4.90 Å². The van der Waals surface area contributed by atoms with Gasteiger partial charge in [0.25, 0.3) is 0 Å². The van der Waals surface area contributed by atoms with Crippen LogP contribution in [-0.2, 0) is 20.7 Å². The Hall–Kier alpha value is -3.60. The summed E-state index contributed by atoms with van der Waals surface area (Å²) in [4.78, 5) is 26.4. The van der Waals surface area contributed by atoms with Crippen LogP contribution in [-0.4, -0.2) is 36.3 Å². The van der Waals surface area contributed by atoms with Crippen LogP contribution in [0, 0.1) is 0 Å². The fraction of sp³-hybridized carbons (Fsp3) is 0.200. The Labute approximate surface area is 174 Å². The molecule has 150 valence electrons. The molecule has 0 bridgehead atoms. The highest BCUT2D eigenvalue weighted by molar-refractivity contribution is 5.84. The van der Waals surface area contributed by atoms with Crippen LogP contribution in [0.5, 0.6) is 0 Å². The molecule has 0 radical (unpaired) electrons. The average molecular weight is 399 g/mol. The minimum atomic E-state index is -0.664. The number of hydrogen-bond acceptors (Lipinski definition) is 4. The second-order valence-electron chi connectivity index (χ2n) is 7.57. The summed E-state index contributed by atoms with van der Waals surface area (Å²) < 4.78 is 10.8. The fourth-order valence-corrected chi connectivity index (χ4v) is 4.33. The Balaban J connectivity index is 1.32. The second kappa shape index (κ2) is 7.67. The Morgan fingerprint density at radius 1 is 0.900 bits per heavy atom. The summed E-state index contributed by atoms with van der Waals surface area (Å²) in [5, 5.41) is 0. The number of esters is 1. The van der Waals surface area contributed by atoms with Gasteiger partial charge in [0.15, 0.2) is 6.73 Å². The van der Waals surface area contributed by atoms with Crippen molar-refractivity contribution >= 4 is 12.1 Å². The van der Waals surface area contributed by atoms with E-state index in [9.17, 15) is 9.59 Å². The molecule has 1 aliphatic heterocycles. The maximum Gasteiger partial charge on any atom is 0.413 e. The van der Waals surface area contributed by atoms with Gasteiger partial charge >= 0.3 is 12.1 Å². The molecular weight excluding hydrogens is 378 g/mol. The van der Waals surface area contributed by atoms with Crippen LogP contribution in [0.3, 0.4) is 0 Å². The number of amides is 1. The van der Waals surface area contributed by atoms with E-state index in [1.807, 2.05) is 54.6 Å². The number of ether oxygens (including phenoxy) is 2. The predicted octanol–water partition coefficient (Wildman–Crippen LogP) is 4.36. The normalized spacial score (nSPS) is 17.4. The Morgan fingerprint density at radius 2 is 1.50 bits per heavy atom. The van der Waals surface area contributed by atoms with E-state index < -0.39 is 18.1 Å². The van der Waals surface area contributed by atoms with E-state index in [1.165, 1.54) is 16.0 Å². The zero-order chi connectivity index (χ0) is 20.5. The minimum absolute atomic E-state index is 0.0202. The van der Waals surface area contributed by atoms with Crippen molar-refractivity contribution < 1.29 is 19.1 Å². The number of cyclic esters (lactones) is 1. The van der Waals surface area contributed by atoms with Gasteiger partial charge in [0.1, 0.15) is 12.6 Å². The second-order valence-corrected chi connectivity index (χ2v) is 7.57. The van der Waals surface area contributed by atoms with Gasteiger partial charge in [-0.25, -0.2) is 9.59 Å². The Kier molecular flexibility index (Phi) is 4.71. The molecule has 30 heavy (non-hydrogen) atoms. The van der Waals surface area contributed by atoms with Crippen molar-refractivity contribution in [2.24, 2.45) is 0 Å². The lowest BCUT2D eigenvalue weighted by molar-refractivity contribution is -0.139. The third-order valence-corrected chi connectivity index (χ3v) is 5.84. The van der Waals surface area contributed by atoms with Crippen molar-refractivity contribution in [2.75, 3.05) is 13.3 Å². The molecule has 1 saturated heterocycles. The lowest BCUT2D eigenvalue weighted by atomic mass is 9.98. The molecule has 0 aromatic heterocycles. The van der Waals surface area contributed by atoms with Crippen molar-refractivity contribution in [1.82, 2.24) is 4.90 Å². The van der Waals surface area contributed by atoms with Gasteiger partial charge in [-0.15, -0.1) is 0 Å². The molecule has 1 aliphatic carbocycles. The smallest absolute Gasteiger partial charge is 0.413 e.